The Bertz CT molecular complexity index is 321. The summed E-state index contributed by atoms with van der Waals surface area (Å²) in [5.74, 6) is -0.464. The summed E-state index contributed by atoms with van der Waals surface area (Å²) in [6.07, 6.45) is 3.78. The third-order valence-electron chi connectivity index (χ3n) is 2.56. The summed E-state index contributed by atoms with van der Waals surface area (Å²) < 4.78 is 4.93. The van der Waals surface area contributed by atoms with Crippen LogP contribution in [0.2, 0.25) is 0 Å². The Labute approximate surface area is 102 Å². The van der Waals surface area contributed by atoms with E-state index in [-0.39, 0.29) is 0 Å². The molecule has 0 aliphatic carbocycles. The average Bonchev–Trinajstić information content (AvgIpc) is 2.36. The van der Waals surface area contributed by atoms with Gasteiger partial charge in [0.15, 0.2) is 0 Å². The molecule has 0 amide bonds. The molecule has 0 bridgehead atoms. The van der Waals surface area contributed by atoms with Gasteiger partial charge in [0, 0.05) is 6.42 Å². The lowest BCUT2D eigenvalue weighted by Gasteiger charge is -2.11. The lowest BCUT2D eigenvalue weighted by atomic mass is 10.1. The van der Waals surface area contributed by atoms with Gasteiger partial charge in [-0.25, -0.2) is 4.79 Å². The molecule has 1 aromatic rings. The van der Waals surface area contributed by atoms with E-state index in [4.69, 9.17) is 4.74 Å². The molecule has 0 fully saturated rings. The number of ether oxygens (including phenoxy) is 1. The van der Waals surface area contributed by atoms with Crippen LogP contribution in [-0.4, -0.2) is 17.4 Å². The van der Waals surface area contributed by atoms with Crippen molar-refractivity contribution in [3.05, 3.63) is 35.9 Å². The Hall–Kier alpha value is -1.35. The van der Waals surface area contributed by atoms with Crippen LogP contribution < -0.4 is 0 Å². The summed E-state index contributed by atoms with van der Waals surface area (Å²) in [6.45, 7) is 2.13. The Morgan fingerprint density at radius 3 is 2.59 bits per heavy atom. The largest absolute Gasteiger partial charge is 0.432 e. The van der Waals surface area contributed by atoms with Crippen molar-refractivity contribution in [2.75, 3.05) is 0 Å². The SMILES string of the molecule is CCCCCCC(O)OC(=O)c1ccccc1. The Balaban J connectivity index is 2.26. The van der Waals surface area contributed by atoms with E-state index in [0.717, 1.165) is 25.7 Å². The summed E-state index contributed by atoms with van der Waals surface area (Å²) in [6, 6.07) is 8.71. The molecule has 1 rings (SSSR count). The van der Waals surface area contributed by atoms with Gasteiger partial charge in [-0.15, -0.1) is 0 Å². The van der Waals surface area contributed by atoms with Crippen LogP contribution in [-0.2, 0) is 4.74 Å². The first kappa shape index (κ1) is 13.7. The summed E-state index contributed by atoms with van der Waals surface area (Å²) >= 11 is 0. The number of hydrogen-bond donors (Lipinski definition) is 1. The molecule has 0 aromatic heterocycles. The fourth-order valence-electron chi connectivity index (χ4n) is 1.57. The second-order valence-electron chi connectivity index (χ2n) is 4.08. The molecule has 94 valence electrons. The van der Waals surface area contributed by atoms with Gasteiger partial charge in [0.05, 0.1) is 5.56 Å². The first-order chi connectivity index (χ1) is 8.24. The molecule has 0 saturated carbocycles. The Morgan fingerprint density at radius 2 is 1.94 bits per heavy atom. The molecule has 0 aliphatic rings. The Kier molecular flexibility index (Phi) is 6.33. The number of aliphatic hydroxyl groups is 1. The fraction of sp³-hybridized carbons (Fsp3) is 0.500. The van der Waals surface area contributed by atoms with E-state index in [1.807, 2.05) is 6.07 Å². The van der Waals surface area contributed by atoms with E-state index in [9.17, 15) is 9.90 Å². The summed E-state index contributed by atoms with van der Waals surface area (Å²) in [5, 5.41) is 9.54. The van der Waals surface area contributed by atoms with E-state index in [1.165, 1.54) is 0 Å². The normalized spacial score (nSPS) is 12.1. The number of carbonyl (C=O) groups is 1. The molecule has 1 N–H and O–H groups in total. The van der Waals surface area contributed by atoms with E-state index in [2.05, 4.69) is 6.92 Å². The summed E-state index contributed by atoms with van der Waals surface area (Å²) in [5.41, 5.74) is 0.472. The van der Waals surface area contributed by atoms with Crippen molar-refractivity contribution in [1.82, 2.24) is 0 Å². The van der Waals surface area contributed by atoms with Crippen molar-refractivity contribution >= 4 is 5.97 Å². The number of carbonyl (C=O) groups excluding carboxylic acids is 1. The van der Waals surface area contributed by atoms with Crippen LogP contribution in [0.15, 0.2) is 30.3 Å². The molecule has 1 unspecified atom stereocenters. The molecule has 0 saturated heterocycles. The van der Waals surface area contributed by atoms with Crippen molar-refractivity contribution < 1.29 is 14.6 Å². The molecular formula is C14H20O3. The smallest absolute Gasteiger partial charge is 0.340 e. The second kappa shape index (κ2) is 7.85. The minimum absolute atomic E-state index is 0.464. The van der Waals surface area contributed by atoms with Crippen LogP contribution >= 0.6 is 0 Å². The third kappa shape index (κ3) is 5.50. The van der Waals surface area contributed by atoms with Crippen molar-refractivity contribution in [3.8, 4) is 0 Å². The van der Waals surface area contributed by atoms with Crippen LogP contribution in [0.25, 0.3) is 0 Å². The van der Waals surface area contributed by atoms with Gasteiger partial charge in [-0.3, -0.25) is 0 Å². The summed E-state index contributed by atoms with van der Waals surface area (Å²) in [7, 11) is 0. The number of benzene rings is 1. The predicted octanol–water partition coefficient (Wildman–Crippen LogP) is 3.13. The topological polar surface area (TPSA) is 46.5 Å². The van der Waals surface area contributed by atoms with Crippen LogP contribution in [0, 0.1) is 0 Å². The van der Waals surface area contributed by atoms with Crippen molar-refractivity contribution in [2.24, 2.45) is 0 Å². The van der Waals surface area contributed by atoms with Crippen LogP contribution in [0.3, 0.4) is 0 Å². The summed E-state index contributed by atoms with van der Waals surface area (Å²) in [4.78, 5) is 11.6. The first-order valence-corrected chi connectivity index (χ1v) is 6.18. The first-order valence-electron chi connectivity index (χ1n) is 6.18. The van der Waals surface area contributed by atoms with E-state index >= 15 is 0 Å². The van der Waals surface area contributed by atoms with Crippen LogP contribution in [0.1, 0.15) is 49.4 Å². The molecule has 0 heterocycles. The van der Waals surface area contributed by atoms with Crippen LogP contribution in [0.4, 0.5) is 0 Å². The highest BCUT2D eigenvalue weighted by Gasteiger charge is 2.12. The van der Waals surface area contributed by atoms with E-state index in [0.29, 0.717) is 12.0 Å². The van der Waals surface area contributed by atoms with Gasteiger partial charge >= 0.3 is 5.97 Å². The quantitative estimate of drug-likeness (QED) is 0.449. The molecule has 3 heteroatoms. The third-order valence-corrected chi connectivity index (χ3v) is 2.56. The van der Waals surface area contributed by atoms with E-state index < -0.39 is 12.3 Å². The zero-order valence-corrected chi connectivity index (χ0v) is 10.3. The molecule has 1 atom stereocenters. The Morgan fingerprint density at radius 1 is 1.24 bits per heavy atom. The molecule has 1 aromatic carbocycles. The molecule has 17 heavy (non-hydrogen) atoms. The molecule has 0 aliphatic heterocycles. The molecule has 0 radical (unpaired) electrons. The minimum Gasteiger partial charge on any atom is -0.432 e. The van der Waals surface area contributed by atoms with Crippen molar-refractivity contribution in [3.63, 3.8) is 0 Å². The maximum absolute atomic E-state index is 11.6. The molecule has 3 nitrogen and oxygen atoms in total. The van der Waals surface area contributed by atoms with Gasteiger partial charge < -0.3 is 9.84 Å². The fourth-order valence-corrected chi connectivity index (χ4v) is 1.57. The molecular weight excluding hydrogens is 216 g/mol. The second-order valence-corrected chi connectivity index (χ2v) is 4.08. The average molecular weight is 236 g/mol. The lowest BCUT2D eigenvalue weighted by Crippen LogP contribution is -2.17. The monoisotopic (exact) mass is 236 g/mol. The number of aliphatic hydroxyl groups excluding tert-OH is 1. The van der Waals surface area contributed by atoms with Gasteiger partial charge in [-0.05, 0) is 18.6 Å². The number of esters is 1. The highest BCUT2D eigenvalue weighted by Crippen LogP contribution is 2.09. The van der Waals surface area contributed by atoms with Crippen molar-refractivity contribution in [1.29, 1.82) is 0 Å². The maximum Gasteiger partial charge on any atom is 0.340 e. The highest BCUT2D eigenvalue weighted by molar-refractivity contribution is 5.89. The predicted molar refractivity (Wildman–Crippen MR) is 66.6 cm³/mol. The maximum atomic E-state index is 11.6. The molecule has 0 spiro atoms. The lowest BCUT2D eigenvalue weighted by molar-refractivity contribution is -0.0694. The van der Waals surface area contributed by atoms with E-state index in [1.54, 1.807) is 24.3 Å². The van der Waals surface area contributed by atoms with Crippen molar-refractivity contribution in [2.45, 2.75) is 45.3 Å². The van der Waals surface area contributed by atoms with Gasteiger partial charge in [-0.2, -0.15) is 0 Å². The zero-order chi connectivity index (χ0) is 12.5. The van der Waals surface area contributed by atoms with Gasteiger partial charge in [-0.1, -0.05) is 44.4 Å². The standard InChI is InChI=1S/C14H20O3/c1-2-3-4-8-11-13(15)17-14(16)12-9-6-5-7-10-12/h5-7,9-10,13,15H,2-4,8,11H2,1H3. The highest BCUT2D eigenvalue weighted by atomic mass is 16.6. The van der Waals surface area contributed by atoms with Gasteiger partial charge in [0.2, 0.25) is 6.29 Å². The number of hydrogen-bond acceptors (Lipinski definition) is 3. The minimum atomic E-state index is -0.987. The van der Waals surface area contributed by atoms with Crippen LogP contribution in [0.5, 0.6) is 0 Å². The van der Waals surface area contributed by atoms with Gasteiger partial charge in [0.1, 0.15) is 0 Å². The zero-order valence-electron chi connectivity index (χ0n) is 10.3. The van der Waals surface area contributed by atoms with Gasteiger partial charge in [0.25, 0.3) is 0 Å². The number of unbranched alkanes of at least 4 members (excludes halogenated alkanes) is 3. The number of rotatable bonds is 7.